The fourth-order valence-electron chi connectivity index (χ4n) is 3.31. The molecule has 0 saturated heterocycles. The van der Waals surface area contributed by atoms with E-state index in [1.807, 2.05) is 12.1 Å². The summed E-state index contributed by atoms with van der Waals surface area (Å²) in [5.41, 5.74) is 1.45. The molecule has 0 atom stereocenters. The number of ether oxygens (including phenoxy) is 2. The number of hydrogen-bond acceptors (Lipinski definition) is 8. The molecule has 0 bridgehead atoms. The molecule has 0 amide bonds. The van der Waals surface area contributed by atoms with Crippen molar-refractivity contribution in [1.82, 2.24) is 0 Å². The summed E-state index contributed by atoms with van der Waals surface area (Å²) in [6.07, 6.45) is 0. The third-order valence-corrected chi connectivity index (χ3v) is 16.4. The van der Waals surface area contributed by atoms with Gasteiger partial charge in [0.15, 0.2) is 0 Å². The van der Waals surface area contributed by atoms with E-state index >= 15 is 0 Å². The van der Waals surface area contributed by atoms with Gasteiger partial charge in [-0.15, -0.1) is 0 Å². The molecule has 208 valence electrons. The zero-order chi connectivity index (χ0) is 29.3. The molecule has 2 aromatic rings. The predicted molar refractivity (Wildman–Crippen MR) is 160 cm³/mol. The van der Waals surface area contributed by atoms with Crippen LogP contribution >= 0.6 is 0 Å². The molecule has 12 heteroatoms. The molecule has 0 aliphatic rings. The summed E-state index contributed by atoms with van der Waals surface area (Å²) in [7, 11) is -2.62. The van der Waals surface area contributed by atoms with E-state index in [2.05, 4.69) is 67.7 Å². The van der Waals surface area contributed by atoms with Gasteiger partial charge in [-0.1, -0.05) is 0 Å². The third-order valence-electron chi connectivity index (χ3n) is 7.68. The van der Waals surface area contributed by atoms with Crippen molar-refractivity contribution in [2.75, 3.05) is 14.2 Å². The van der Waals surface area contributed by atoms with Crippen LogP contribution in [-0.4, -0.2) is 55.3 Å². The molecule has 8 nitrogen and oxygen atoms in total. The maximum atomic E-state index is 10.2. The molecule has 0 heterocycles. The Kier molecular flexibility index (Phi) is 9.62. The van der Waals surface area contributed by atoms with Gasteiger partial charge >= 0.3 is 231 Å². The molecule has 0 aliphatic heterocycles. The van der Waals surface area contributed by atoms with Gasteiger partial charge in [-0.2, -0.15) is 0 Å². The summed E-state index contributed by atoms with van der Waals surface area (Å²) < 4.78 is 30.4. The standard InChI is InChI=1S/C26H43B2NO7Si2/c1-25(2,3)37(9,10)35-20-15-17(13-14-19(20)34-27-29)22-21(32-7)16-18(28(30)31)23(33-8)24(22)36-38(11,12)26(4,5)6/h13-16,29-31H,1-12H3. The molecule has 0 aromatic heterocycles. The number of rotatable bonds is 10. The Morgan fingerprint density at radius 1 is 0.763 bits per heavy atom. The summed E-state index contributed by atoms with van der Waals surface area (Å²) in [5, 5.41) is 27.6. The Balaban J connectivity index is 2.95. The van der Waals surface area contributed by atoms with Crippen LogP contribution in [0.25, 0.3) is 11.1 Å². The Morgan fingerprint density at radius 2 is 1.32 bits per heavy atom. The van der Waals surface area contributed by atoms with E-state index < -0.39 is 23.8 Å². The van der Waals surface area contributed by atoms with Gasteiger partial charge in [-0.25, -0.2) is 0 Å². The second-order valence-corrected chi connectivity index (χ2v) is 21.9. The minimum atomic E-state index is -2.43. The number of methoxy groups -OCH3 is 2. The molecular formula is C26H43B2NO7Si2. The van der Waals surface area contributed by atoms with Crippen molar-refractivity contribution in [3.05, 3.63) is 24.3 Å². The third kappa shape index (κ3) is 6.64. The first-order chi connectivity index (χ1) is 17.3. The zero-order valence-corrected chi connectivity index (χ0v) is 26.9. The summed E-state index contributed by atoms with van der Waals surface area (Å²) in [4.78, 5) is 0. The van der Waals surface area contributed by atoms with Gasteiger partial charge in [0.05, 0.1) is 0 Å². The van der Waals surface area contributed by atoms with E-state index in [0.717, 1.165) is 7.27 Å². The average molecular weight is 559 g/mol. The van der Waals surface area contributed by atoms with E-state index in [-0.39, 0.29) is 21.3 Å². The summed E-state index contributed by atoms with van der Waals surface area (Å²) in [6, 6.07) is 6.99. The van der Waals surface area contributed by atoms with Crippen LogP contribution in [0.5, 0.6) is 28.7 Å². The molecule has 2 aromatic carbocycles. The van der Waals surface area contributed by atoms with Gasteiger partial charge in [0.2, 0.25) is 0 Å². The SMILES string of the molecule is COc1cc(B(O)O)c(OC)c(O[Si](C)(C)C(C)(C)C)c1-c1ccc(OB=N)c(O[Si](C)(C)C(C)(C)C)c1. The van der Waals surface area contributed by atoms with Gasteiger partial charge in [0.1, 0.15) is 0 Å². The maximum absolute atomic E-state index is 10.2. The number of benzene rings is 2. The fraction of sp³-hybridized carbons (Fsp3) is 0.538. The normalized spacial score (nSPS) is 12.5. The van der Waals surface area contributed by atoms with Gasteiger partial charge in [0.25, 0.3) is 0 Å². The van der Waals surface area contributed by atoms with Crippen LogP contribution in [0.4, 0.5) is 0 Å². The molecule has 0 radical (unpaired) electrons. The molecular weight excluding hydrogens is 516 g/mol. The van der Waals surface area contributed by atoms with Crippen LogP contribution in [0.15, 0.2) is 24.3 Å². The van der Waals surface area contributed by atoms with Gasteiger partial charge in [0, 0.05) is 0 Å². The number of nitrogens with one attached hydrogen (secondary N) is 1. The van der Waals surface area contributed by atoms with Crippen LogP contribution in [0.2, 0.25) is 36.3 Å². The summed E-state index contributed by atoms with van der Waals surface area (Å²) >= 11 is 0. The molecule has 2 rings (SSSR count). The van der Waals surface area contributed by atoms with Crippen LogP contribution in [0, 0.1) is 5.31 Å². The Morgan fingerprint density at radius 3 is 1.76 bits per heavy atom. The van der Waals surface area contributed by atoms with E-state index in [0.29, 0.717) is 34.1 Å². The van der Waals surface area contributed by atoms with Crippen molar-refractivity contribution in [2.24, 2.45) is 0 Å². The zero-order valence-electron chi connectivity index (χ0n) is 24.9. The Bertz CT molecular complexity index is 1160. The summed E-state index contributed by atoms with van der Waals surface area (Å²) in [5.74, 6) is 1.92. The first-order valence-corrected chi connectivity index (χ1v) is 18.5. The number of hydrogen-bond donors (Lipinski definition) is 3. The van der Waals surface area contributed by atoms with Gasteiger partial charge in [-0.05, 0) is 0 Å². The predicted octanol–water partition coefficient (Wildman–Crippen LogP) is 5.58. The van der Waals surface area contributed by atoms with Gasteiger partial charge < -0.3 is 0 Å². The fourth-order valence-corrected chi connectivity index (χ4v) is 5.34. The molecule has 0 spiro atoms. The quantitative estimate of drug-likeness (QED) is 0.326. The van der Waals surface area contributed by atoms with Crippen molar-refractivity contribution in [1.29, 1.82) is 5.31 Å². The first-order valence-electron chi connectivity index (χ1n) is 12.6. The first kappa shape index (κ1) is 31.9. The van der Waals surface area contributed by atoms with E-state index in [4.69, 9.17) is 28.3 Å². The Hall–Kier alpha value is -2.28. The molecule has 0 aliphatic carbocycles. The topological polar surface area (TPSA) is 110 Å². The second kappa shape index (κ2) is 11.5. The van der Waals surface area contributed by atoms with Gasteiger partial charge in [-0.3, -0.25) is 0 Å². The minimum absolute atomic E-state index is 0.0681. The van der Waals surface area contributed by atoms with Crippen LogP contribution in [-0.2, 0) is 0 Å². The van der Waals surface area contributed by atoms with Crippen LogP contribution in [0.3, 0.4) is 0 Å². The van der Waals surface area contributed by atoms with Crippen LogP contribution in [0.1, 0.15) is 41.5 Å². The Labute approximate surface area is 230 Å². The van der Waals surface area contributed by atoms with Crippen molar-refractivity contribution < 1.29 is 33.0 Å². The molecule has 0 unspecified atom stereocenters. The average Bonchev–Trinajstić information content (AvgIpc) is 2.77. The van der Waals surface area contributed by atoms with E-state index in [1.165, 1.54) is 14.2 Å². The van der Waals surface area contributed by atoms with Crippen molar-refractivity contribution in [2.45, 2.75) is 77.8 Å². The van der Waals surface area contributed by atoms with E-state index in [1.54, 1.807) is 12.1 Å². The molecule has 0 saturated carbocycles. The van der Waals surface area contributed by atoms with Crippen molar-refractivity contribution in [3.63, 3.8) is 0 Å². The monoisotopic (exact) mass is 559 g/mol. The second-order valence-electron chi connectivity index (χ2n) is 12.4. The van der Waals surface area contributed by atoms with Crippen LogP contribution < -0.4 is 28.4 Å². The summed E-state index contributed by atoms with van der Waals surface area (Å²) in [6.45, 7) is 21.3. The molecule has 3 N–H and O–H groups in total. The van der Waals surface area contributed by atoms with Crippen molar-refractivity contribution in [3.8, 4) is 39.9 Å². The van der Waals surface area contributed by atoms with Crippen molar-refractivity contribution >= 4 is 36.5 Å². The molecule has 0 fully saturated rings. The van der Waals surface area contributed by atoms with E-state index in [9.17, 15) is 10.0 Å². The molecule has 38 heavy (non-hydrogen) atoms.